The molecular weight excluding hydrogens is 562 g/mol. The second kappa shape index (κ2) is 12.5. The topological polar surface area (TPSA) is 100 Å². The first-order chi connectivity index (χ1) is 18.3. The minimum absolute atomic E-state index is 0.0451. The number of benzene rings is 2. The number of aliphatic carboxylic acids is 1. The Morgan fingerprint density at radius 1 is 1.05 bits per heavy atom. The number of carbonyl (C=O) groups is 2. The van der Waals surface area contributed by atoms with Gasteiger partial charge in [-0.25, -0.2) is 9.59 Å². The predicted molar refractivity (Wildman–Crippen MR) is 142 cm³/mol. The van der Waals surface area contributed by atoms with Gasteiger partial charge in [-0.15, -0.1) is 0 Å². The van der Waals surface area contributed by atoms with Gasteiger partial charge in [-0.05, 0) is 75.2 Å². The Bertz CT molecular complexity index is 1180. The zero-order valence-corrected chi connectivity index (χ0v) is 23.1. The molecule has 39 heavy (non-hydrogen) atoms. The number of anilines is 1. The van der Waals surface area contributed by atoms with Crippen molar-refractivity contribution in [3.05, 3.63) is 52.0 Å². The largest absolute Gasteiger partial charge is 0.493 e. The van der Waals surface area contributed by atoms with E-state index >= 15 is 0 Å². The number of alkyl halides is 3. The Labute approximate surface area is 234 Å². The second-order valence-electron chi connectivity index (χ2n) is 9.50. The maximum Gasteiger partial charge on any atom is 0.490 e. The van der Waals surface area contributed by atoms with Crippen LogP contribution in [0.15, 0.2) is 36.4 Å². The van der Waals surface area contributed by atoms with Crippen LogP contribution < -0.4 is 20.1 Å². The molecule has 8 nitrogen and oxygen atoms in total. The highest BCUT2D eigenvalue weighted by atomic mass is 35.5. The highest BCUT2D eigenvalue weighted by Gasteiger charge is 2.50. The fourth-order valence-corrected chi connectivity index (χ4v) is 5.90. The predicted octanol–water partition coefficient (Wildman–Crippen LogP) is 5.96. The van der Waals surface area contributed by atoms with E-state index in [4.69, 9.17) is 42.6 Å². The monoisotopic (exact) mass is 591 g/mol. The van der Waals surface area contributed by atoms with Crippen molar-refractivity contribution in [1.82, 2.24) is 10.2 Å². The van der Waals surface area contributed by atoms with Gasteiger partial charge < -0.3 is 30.1 Å². The SMILES string of the molecule is COc1ccc(C23CCC(NC(=O)Nc4cc(Cl)cc(Cl)c4)CC2N(C)CC3)cc1OC.O=C(O)C(F)(F)F. The maximum atomic E-state index is 12.6. The first-order valence-corrected chi connectivity index (χ1v) is 12.8. The van der Waals surface area contributed by atoms with Gasteiger partial charge in [0, 0.05) is 33.2 Å². The van der Waals surface area contributed by atoms with E-state index in [1.54, 1.807) is 32.4 Å². The lowest BCUT2D eigenvalue weighted by Gasteiger charge is -2.45. The van der Waals surface area contributed by atoms with Crippen LogP contribution in [0.2, 0.25) is 10.0 Å². The van der Waals surface area contributed by atoms with E-state index in [9.17, 15) is 18.0 Å². The van der Waals surface area contributed by atoms with Crippen LogP contribution in [0.25, 0.3) is 0 Å². The molecule has 4 rings (SSSR count). The first-order valence-electron chi connectivity index (χ1n) is 12.1. The number of methoxy groups -OCH3 is 2. The number of carbonyl (C=O) groups excluding carboxylic acids is 1. The van der Waals surface area contributed by atoms with Crippen LogP contribution >= 0.6 is 23.2 Å². The molecule has 1 aliphatic heterocycles. The molecule has 0 bridgehead atoms. The molecule has 2 aromatic carbocycles. The fraction of sp³-hybridized carbons (Fsp3) is 0.462. The van der Waals surface area contributed by atoms with Crippen LogP contribution in [0.5, 0.6) is 11.5 Å². The molecule has 1 aliphatic carbocycles. The Morgan fingerprint density at radius 3 is 2.23 bits per heavy atom. The quantitative estimate of drug-likeness (QED) is 0.397. The zero-order chi connectivity index (χ0) is 29.0. The molecule has 214 valence electrons. The third-order valence-corrected chi connectivity index (χ3v) is 7.62. The lowest BCUT2D eigenvalue weighted by molar-refractivity contribution is -0.192. The number of carboxylic acids is 1. The van der Waals surface area contributed by atoms with E-state index in [-0.39, 0.29) is 17.5 Å². The molecule has 0 radical (unpaired) electrons. The number of likely N-dealkylation sites (tertiary alicyclic amines) is 1. The third kappa shape index (κ3) is 7.40. The smallest absolute Gasteiger partial charge is 0.490 e. The molecule has 13 heteroatoms. The van der Waals surface area contributed by atoms with Crippen molar-refractivity contribution in [1.29, 1.82) is 0 Å². The minimum atomic E-state index is -5.08. The molecule has 1 saturated carbocycles. The Hall–Kier alpha value is -2.89. The van der Waals surface area contributed by atoms with Gasteiger partial charge in [0.05, 0.1) is 14.2 Å². The Kier molecular flexibility index (Phi) is 9.84. The van der Waals surface area contributed by atoms with Gasteiger partial charge in [0.15, 0.2) is 11.5 Å². The van der Waals surface area contributed by atoms with Crippen LogP contribution in [-0.2, 0) is 10.2 Å². The molecule has 0 aromatic heterocycles. The number of hydrogen-bond donors (Lipinski definition) is 3. The summed E-state index contributed by atoms with van der Waals surface area (Å²) < 4.78 is 42.7. The van der Waals surface area contributed by atoms with E-state index in [2.05, 4.69) is 34.7 Å². The average Bonchev–Trinajstić information content (AvgIpc) is 3.19. The minimum Gasteiger partial charge on any atom is -0.493 e. The number of carboxylic acid groups (broad SMARTS) is 1. The summed E-state index contributed by atoms with van der Waals surface area (Å²) in [5.74, 6) is -1.26. The molecule has 2 aromatic rings. The summed E-state index contributed by atoms with van der Waals surface area (Å²) in [6, 6.07) is 11.5. The summed E-state index contributed by atoms with van der Waals surface area (Å²) in [7, 11) is 5.49. The van der Waals surface area contributed by atoms with Crippen LogP contribution in [0, 0.1) is 0 Å². The summed E-state index contributed by atoms with van der Waals surface area (Å²) in [5.41, 5.74) is 1.90. The number of amides is 2. The highest BCUT2D eigenvalue weighted by Crippen LogP contribution is 2.49. The third-order valence-electron chi connectivity index (χ3n) is 7.18. The van der Waals surface area contributed by atoms with Crippen molar-refractivity contribution in [2.45, 2.75) is 49.4 Å². The number of ether oxygens (including phenoxy) is 2. The van der Waals surface area contributed by atoms with Gasteiger partial charge >= 0.3 is 18.2 Å². The normalized spacial score (nSPS) is 22.7. The number of halogens is 5. The molecule has 3 atom stereocenters. The molecule has 3 N–H and O–H groups in total. The van der Waals surface area contributed by atoms with Gasteiger partial charge in [-0.2, -0.15) is 13.2 Å². The summed E-state index contributed by atoms with van der Waals surface area (Å²) in [6.45, 7) is 1.03. The molecule has 2 amide bonds. The van der Waals surface area contributed by atoms with Crippen molar-refractivity contribution < 1.29 is 37.3 Å². The maximum absolute atomic E-state index is 12.6. The fourth-order valence-electron chi connectivity index (χ4n) is 5.37. The summed E-state index contributed by atoms with van der Waals surface area (Å²) >= 11 is 12.1. The van der Waals surface area contributed by atoms with Crippen molar-refractivity contribution in [3.63, 3.8) is 0 Å². The van der Waals surface area contributed by atoms with Crippen LogP contribution in [0.3, 0.4) is 0 Å². The number of nitrogens with one attached hydrogen (secondary N) is 2. The molecule has 1 saturated heterocycles. The Morgan fingerprint density at radius 2 is 1.67 bits per heavy atom. The van der Waals surface area contributed by atoms with E-state index in [0.29, 0.717) is 21.8 Å². The number of hydrogen-bond acceptors (Lipinski definition) is 5. The standard InChI is InChI=1S/C24H29Cl2N3O3.C2HF3O2/c1-29-9-8-24(15-4-5-20(31-2)21(10-15)32-3)7-6-18(14-22(24)29)27-23(30)28-19-12-16(25)11-17(26)13-19;3-2(4,5)1(6)7/h4-5,10-13,18,22H,6-9,14H2,1-3H3,(H2,27,28,30);(H,6,7). The van der Waals surface area contributed by atoms with Gasteiger partial charge in [0.2, 0.25) is 0 Å². The number of fused-ring (bicyclic) bond motifs is 1. The summed E-state index contributed by atoms with van der Waals surface area (Å²) in [6.07, 6.45) is -1.22. The van der Waals surface area contributed by atoms with E-state index in [1.165, 1.54) is 5.56 Å². The number of urea groups is 1. The van der Waals surface area contributed by atoms with Crippen LogP contribution in [-0.4, -0.2) is 68.1 Å². The molecule has 2 aliphatic rings. The van der Waals surface area contributed by atoms with Gasteiger partial charge in [0.1, 0.15) is 0 Å². The molecule has 0 spiro atoms. The number of rotatable bonds is 5. The highest BCUT2D eigenvalue weighted by molar-refractivity contribution is 6.35. The first kappa shape index (κ1) is 30.6. The van der Waals surface area contributed by atoms with E-state index < -0.39 is 12.1 Å². The van der Waals surface area contributed by atoms with Crippen molar-refractivity contribution in [2.24, 2.45) is 0 Å². The van der Waals surface area contributed by atoms with Crippen molar-refractivity contribution in [3.8, 4) is 11.5 Å². The molecule has 3 unspecified atom stereocenters. The lowest BCUT2D eigenvalue weighted by Crippen LogP contribution is -2.52. The van der Waals surface area contributed by atoms with Crippen LogP contribution in [0.1, 0.15) is 31.2 Å². The average molecular weight is 592 g/mol. The number of likely N-dealkylation sites (N-methyl/N-ethyl adjacent to an activating group) is 1. The number of nitrogens with zero attached hydrogens (tertiary/aromatic N) is 1. The second-order valence-corrected chi connectivity index (χ2v) is 10.4. The summed E-state index contributed by atoms with van der Waals surface area (Å²) in [4.78, 5) is 23.9. The van der Waals surface area contributed by atoms with Gasteiger partial charge in [-0.1, -0.05) is 29.3 Å². The van der Waals surface area contributed by atoms with Gasteiger partial charge in [-0.3, -0.25) is 0 Å². The molecule has 2 fully saturated rings. The van der Waals surface area contributed by atoms with Crippen molar-refractivity contribution >= 4 is 40.9 Å². The summed E-state index contributed by atoms with van der Waals surface area (Å²) in [5, 5.41) is 14.1. The van der Waals surface area contributed by atoms with E-state index in [1.807, 2.05) is 6.07 Å². The zero-order valence-electron chi connectivity index (χ0n) is 21.6. The molecule has 1 heterocycles. The lowest BCUT2D eigenvalue weighted by atomic mass is 9.65. The van der Waals surface area contributed by atoms with E-state index in [0.717, 1.165) is 43.7 Å². The Balaban J connectivity index is 0.000000532. The van der Waals surface area contributed by atoms with Crippen LogP contribution in [0.4, 0.5) is 23.7 Å². The van der Waals surface area contributed by atoms with Crippen molar-refractivity contribution in [2.75, 3.05) is 33.1 Å². The van der Waals surface area contributed by atoms with Gasteiger partial charge in [0.25, 0.3) is 0 Å². The molecular formula is C26H30Cl2F3N3O5.